The van der Waals surface area contributed by atoms with Crippen molar-refractivity contribution in [3.8, 4) is 5.75 Å². The van der Waals surface area contributed by atoms with Crippen LogP contribution in [-0.4, -0.2) is 39.9 Å². The Morgan fingerprint density at radius 2 is 1.97 bits per heavy atom. The van der Waals surface area contributed by atoms with Crippen molar-refractivity contribution < 1.29 is 17.9 Å². The number of ether oxygens (including phenoxy) is 1. The molecule has 0 saturated carbocycles. The minimum atomic E-state index is -3.95. The minimum Gasteiger partial charge on any atom is -0.495 e. The average Bonchev–Trinajstić information content (AvgIpc) is 3.50. The van der Waals surface area contributed by atoms with E-state index in [4.69, 9.17) is 16.3 Å². The van der Waals surface area contributed by atoms with Gasteiger partial charge in [0.25, 0.3) is 15.9 Å². The number of likely N-dealkylation sites (tertiary alicyclic amines) is 1. The second-order valence-electron chi connectivity index (χ2n) is 7.46. The van der Waals surface area contributed by atoms with E-state index in [0.29, 0.717) is 18.0 Å². The quantitative estimate of drug-likeness (QED) is 0.475. The van der Waals surface area contributed by atoms with Crippen LogP contribution < -0.4 is 9.04 Å². The molecule has 2 heterocycles. The molecule has 9 heteroatoms. The average molecular weight is 491 g/mol. The lowest BCUT2D eigenvalue weighted by Crippen LogP contribution is -2.31. The molecule has 0 aliphatic carbocycles. The Morgan fingerprint density at radius 1 is 1.19 bits per heavy atom. The molecule has 1 unspecified atom stereocenters. The molecule has 1 amide bonds. The number of nitrogens with zero attached hydrogens (tertiary/aromatic N) is 2. The van der Waals surface area contributed by atoms with Gasteiger partial charge in [0.1, 0.15) is 5.75 Å². The van der Waals surface area contributed by atoms with Crippen molar-refractivity contribution in [1.29, 1.82) is 0 Å². The number of thiophene rings is 1. The van der Waals surface area contributed by atoms with Crippen molar-refractivity contribution in [2.75, 3.05) is 25.0 Å². The van der Waals surface area contributed by atoms with Crippen molar-refractivity contribution in [3.05, 3.63) is 75.4 Å². The van der Waals surface area contributed by atoms with Gasteiger partial charge in [-0.05, 0) is 54.6 Å². The van der Waals surface area contributed by atoms with Crippen LogP contribution >= 0.6 is 22.9 Å². The fraction of sp³-hybridized carbons (Fsp3) is 0.261. The summed E-state index contributed by atoms with van der Waals surface area (Å²) < 4.78 is 33.2. The van der Waals surface area contributed by atoms with Crippen molar-refractivity contribution in [3.63, 3.8) is 0 Å². The van der Waals surface area contributed by atoms with Gasteiger partial charge in [0.15, 0.2) is 0 Å². The van der Waals surface area contributed by atoms with E-state index in [0.717, 1.165) is 22.0 Å². The first-order valence-electron chi connectivity index (χ1n) is 10.1. The molecule has 1 fully saturated rings. The van der Waals surface area contributed by atoms with E-state index in [9.17, 15) is 13.2 Å². The van der Waals surface area contributed by atoms with E-state index >= 15 is 0 Å². The van der Waals surface area contributed by atoms with Gasteiger partial charge < -0.3 is 9.64 Å². The maximum atomic E-state index is 13.4. The fourth-order valence-corrected chi connectivity index (χ4v) is 6.25. The fourth-order valence-electron chi connectivity index (χ4n) is 3.95. The highest BCUT2D eigenvalue weighted by Crippen LogP contribution is 2.37. The van der Waals surface area contributed by atoms with Crippen LogP contribution in [0, 0.1) is 0 Å². The van der Waals surface area contributed by atoms with Crippen LogP contribution in [0.2, 0.25) is 5.02 Å². The Kier molecular flexibility index (Phi) is 6.46. The molecule has 1 aliphatic rings. The molecule has 2 aromatic carbocycles. The number of amides is 1. The van der Waals surface area contributed by atoms with Gasteiger partial charge in [-0.15, -0.1) is 11.3 Å². The molecule has 6 nitrogen and oxygen atoms in total. The lowest BCUT2D eigenvalue weighted by atomic mass is 10.1. The zero-order valence-corrected chi connectivity index (χ0v) is 20.1. The standard InChI is InChI=1S/C23H23ClN2O4S2/c1-25(19-7-3-4-9-21(19)30-2)32(28,29)16-11-12-18(24)17(15-16)23(27)26-13-5-8-20(26)22-10-6-14-31-22/h3-4,6-7,9-12,14-15,20H,5,8,13H2,1-2H3. The smallest absolute Gasteiger partial charge is 0.264 e. The zero-order chi connectivity index (χ0) is 22.9. The first kappa shape index (κ1) is 22.6. The number of carbonyl (C=O) groups is 1. The Morgan fingerprint density at radius 3 is 2.69 bits per heavy atom. The molecule has 4 rings (SSSR count). The summed E-state index contributed by atoms with van der Waals surface area (Å²) in [5.41, 5.74) is 0.583. The number of methoxy groups -OCH3 is 1. The van der Waals surface area contributed by atoms with Crippen LogP contribution in [0.1, 0.15) is 34.1 Å². The van der Waals surface area contributed by atoms with E-state index in [1.165, 1.54) is 32.4 Å². The maximum absolute atomic E-state index is 13.4. The third-order valence-electron chi connectivity index (χ3n) is 5.64. The number of hydrogen-bond donors (Lipinski definition) is 0. The van der Waals surface area contributed by atoms with Crippen LogP contribution in [0.3, 0.4) is 0 Å². The number of benzene rings is 2. The minimum absolute atomic E-state index is 0.00877. The normalized spacial score (nSPS) is 16.2. The predicted molar refractivity (Wildman–Crippen MR) is 127 cm³/mol. The summed E-state index contributed by atoms with van der Waals surface area (Å²) in [5.74, 6) is 0.169. The number of sulfonamides is 1. The van der Waals surface area contributed by atoms with Crippen molar-refractivity contribution in [2.24, 2.45) is 0 Å². The van der Waals surface area contributed by atoms with Crippen molar-refractivity contribution >= 4 is 44.6 Å². The summed E-state index contributed by atoms with van der Waals surface area (Å²) in [6.45, 7) is 0.607. The molecule has 0 N–H and O–H groups in total. The van der Waals surface area contributed by atoms with Crippen LogP contribution in [0.15, 0.2) is 64.9 Å². The molecular weight excluding hydrogens is 468 g/mol. The summed E-state index contributed by atoms with van der Waals surface area (Å²) in [6, 6.07) is 15.1. The van der Waals surface area contributed by atoms with E-state index in [2.05, 4.69) is 0 Å². The molecule has 1 aromatic heterocycles. The number of anilines is 1. The number of carbonyl (C=O) groups excluding carboxylic acids is 1. The summed E-state index contributed by atoms with van der Waals surface area (Å²) in [7, 11) is -1.01. The van der Waals surface area contributed by atoms with Gasteiger partial charge in [0, 0.05) is 18.5 Å². The molecule has 1 atom stereocenters. The molecule has 3 aromatic rings. The maximum Gasteiger partial charge on any atom is 0.264 e. The summed E-state index contributed by atoms with van der Waals surface area (Å²) in [5, 5.41) is 2.22. The number of para-hydroxylation sites is 2. The molecular formula is C23H23ClN2O4S2. The van der Waals surface area contributed by atoms with Crippen LogP contribution in [-0.2, 0) is 10.0 Å². The highest BCUT2D eigenvalue weighted by molar-refractivity contribution is 7.92. The highest BCUT2D eigenvalue weighted by Gasteiger charge is 2.33. The molecule has 1 saturated heterocycles. The van der Waals surface area contributed by atoms with Gasteiger partial charge in [-0.3, -0.25) is 9.10 Å². The first-order valence-corrected chi connectivity index (χ1v) is 12.8. The Bertz CT molecular complexity index is 1230. The number of hydrogen-bond acceptors (Lipinski definition) is 5. The Hall–Kier alpha value is -2.55. The van der Waals surface area contributed by atoms with Gasteiger partial charge in [-0.1, -0.05) is 29.8 Å². The molecule has 0 bridgehead atoms. The monoisotopic (exact) mass is 490 g/mol. The van der Waals surface area contributed by atoms with E-state index in [1.54, 1.807) is 40.5 Å². The summed E-state index contributed by atoms with van der Waals surface area (Å²) in [4.78, 5) is 16.3. The molecule has 0 spiro atoms. The third-order valence-corrected chi connectivity index (χ3v) is 8.71. The van der Waals surface area contributed by atoms with Gasteiger partial charge in [0.05, 0.1) is 34.3 Å². The topological polar surface area (TPSA) is 66.9 Å². The van der Waals surface area contributed by atoms with Gasteiger partial charge in [0.2, 0.25) is 0 Å². The second-order valence-corrected chi connectivity index (χ2v) is 10.8. The van der Waals surface area contributed by atoms with Crippen LogP contribution in [0.25, 0.3) is 0 Å². The predicted octanol–water partition coefficient (Wildman–Crippen LogP) is 5.21. The van der Waals surface area contributed by atoms with E-state index < -0.39 is 10.0 Å². The van der Waals surface area contributed by atoms with Crippen LogP contribution in [0.4, 0.5) is 5.69 Å². The van der Waals surface area contributed by atoms with Crippen LogP contribution in [0.5, 0.6) is 5.75 Å². The van der Waals surface area contributed by atoms with E-state index in [-0.39, 0.29) is 27.4 Å². The number of rotatable bonds is 6. The van der Waals surface area contributed by atoms with Gasteiger partial charge >= 0.3 is 0 Å². The lowest BCUT2D eigenvalue weighted by Gasteiger charge is -2.25. The first-order chi connectivity index (χ1) is 15.3. The van der Waals surface area contributed by atoms with Gasteiger partial charge in [-0.25, -0.2) is 8.42 Å². The number of halogens is 1. The Balaban J connectivity index is 1.68. The third kappa shape index (κ3) is 4.10. The van der Waals surface area contributed by atoms with Crippen molar-refractivity contribution in [2.45, 2.75) is 23.8 Å². The van der Waals surface area contributed by atoms with Gasteiger partial charge in [-0.2, -0.15) is 0 Å². The summed E-state index contributed by atoms with van der Waals surface area (Å²) in [6.07, 6.45) is 1.76. The largest absolute Gasteiger partial charge is 0.495 e. The Labute approximate surface area is 197 Å². The van der Waals surface area contributed by atoms with Crippen molar-refractivity contribution in [1.82, 2.24) is 4.90 Å². The molecule has 168 valence electrons. The molecule has 1 aliphatic heterocycles. The SMILES string of the molecule is COc1ccccc1N(C)S(=O)(=O)c1ccc(Cl)c(C(=O)N2CCCC2c2cccs2)c1. The highest BCUT2D eigenvalue weighted by atomic mass is 35.5. The zero-order valence-electron chi connectivity index (χ0n) is 17.7. The molecule has 32 heavy (non-hydrogen) atoms. The van der Waals surface area contributed by atoms with E-state index in [1.807, 2.05) is 17.5 Å². The second kappa shape index (κ2) is 9.13. The summed E-state index contributed by atoms with van der Waals surface area (Å²) >= 11 is 7.97. The molecule has 0 radical (unpaired) electrons. The lowest BCUT2D eigenvalue weighted by molar-refractivity contribution is 0.0738.